The van der Waals surface area contributed by atoms with Gasteiger partial charge in [-0.05, 0) is 68.6 Å². The number of Topliss-reactive ketones (excluding diaryl/α,β-unsaturated/α-hetero) is 1. The first-order valence-corrected chi connectivity index (χ1v) is 9.59. The fraction of sp³-hybridized carbons (Fsp3) is 0.571. The van der Waals surface area contributed by atoms with Crippen LogP contribution in [-0.4, -0.2) is 34.7 Å². The number of rotatable bonds is 6. The van der Waals surface area contributed by atoms with Crippen molar-refractivity contribution in [3.8, 4) is 0 Å². The van der Waals surface area contributed by atoms with Crippen molar-refractivity contribution >= 4 is 17.7 Å². The summed E-state index contributed by atoms with van der Waals surface area (Å²) >= 11 is 0. The average Bonchev–Trinajstić information content (AvgIpc) is 2.83. The zero-order valence-corrected chi connectivity index (χ0v) is 15.9. The topological polar surface area (TPSA) is 66.5 Å². The molecule has 1 aliphatic heterocycles. The van der Waals surface area contributed by atoms with E-state index in [4.69, 9.17) is 0 Å². The summed E-state index contributed by atoms with van der Waals surface area (Å²) in [6.07, 6.45) is 5.81. The Bertz CT molecular complexity index is 741. The van der Waals surface area contributed by atoms with E-state index < -0.39 is 11.6 Å². The van der Waals surface area contributed by atoms with Crippen molar-refractivity contribution in [2.75, 3.05) is 6.54 Å². The van der Waals surface area contributed by atoms with Gasteiger partial charge in [-0.15, -0.1) is 0 Å². The quantitative estimate of drug-likeness (QED) is 0.627. The van der Waals surface area contributed by atoms with E-state index in [9.17, 15) is 14.4 Å². The molecule has 1 heterocycles. The number of benzene rings is 1. The molecule has 5 nitrogen and oxygen atoms in total. The summed E-state index contributed by atoms with van der Waals surface area (Å²) in [5, 5.41) is 2.78. The number of hydrogen-bond donors (Lipinski definition) is 1. The van der Waals surface area contributed by atoms with E-state index in [1.54, 1.807) is 6.92 Å². The summed E-state index contributed by atoms with van der Waals surface area (Å²) in [4.78, 5) is 38.8. The maximum Gasteiger partial charge on any atom is 0.325 e. The lowest BCUT2D eigenvalue weighted by molar-refractivity contribution is -0.130. The van der Waals surface area contributed by atoms with Crippen LogP contribution in [0.15, 0.2) is 18.2 Å². The minimum atomic E-state index is -0.905. The molecule has 1 aliphatic carbocycles. The molecule has 1 saturated heterocycles. The fourth-order valence-corrected chi connectivity index (χ4v) is 3.78. The molecule has 0 aromatic heterocycles. The molecule has 1 fully saturated rings. The van der Waals surface area contributed by atoms with Crippen LogP contribution in [0.1, 0.15) is 67.9 Å². The first-order chi connectivity index (χ1) is 12.3. The van der Waals surface area contributed by atoms with Gasteiger partial charge < -0.3 is 5.32 Å². The molecular weight excluding hydrogens is 328 g/mol. The minimum Gasteiger partial charge on any atom is -0.323 e. The van der Waals surface area contributed by atoms with Crippen LogP contribution in [0.25, 0.3) is 0 Å². The standard InChI is InChI=1S/C21H28N2O3/c1-14(2)10-11-21(3)19(25)23(20(26)22-21)13-18(24)17-9-8-15-6-4-5-7-16(15)12-17/h8-9,12,14H,4-7,10-11,13H2,1-3H3,(H,22,26)/t21-/m0/s1. The average molecular weight is 356 g/mol. The summed E-state index contributed by atoms with van der Waals surface area (Å²) in [6, 6.07) is 5.31. The summed E-state index contributed by atoms with van der Waals surface area (Å²) in [5.74, 6) is -0.0350. The highest BCUT2D eigenvalue weighted by molar-refractivity contribution is 6.11. The van der Waals surface area contributed by atoms with Crippen molar-refractivity contribution in [2.45, 2.75) is 64.8 Å². The minimum absolute atomic E-state index is 0.185. The summed E-state index contributed by atoms with van der Waals surface area (Å²) in [5.41, 5.74) is 2.21. The van der Waals surface area contributed by atoms with Crippen molar-refractivity contribution in [2.24, 2.45) is 5.92 Å². The molecule has 2 aliphatic rings. The molecule has 1 atom stereocenters. The summed E-state index contributed by atoms with van der Waals surface area (Å²) < 4.78 is 0. The number of hydrogen-bond acceptors (Lipinski definition) is 3. The largest absolute Gasteiger partial charge is 0.325 e. The predicted octanol–water partition coefficient (Wildman–Crippen LogP) is 3.49. The normalized spacial score (nSPS) is 22.5. The second kappa shape index (κ2) is 7.22. The van der Waals surface area contributed by atoms with E-state index in [2.05, 4.69) is 19.2 Å². The Morgan fingerprint density at radius 2 is 1.88 bits per heavy atom. The van der Waals surface area contributed by atoms with Gasteiger partial charge in [0, 0.05) is 5.56 Å². The van der Waals surface area contributed by atoms with Crippen LogP contribution in [0.5, 0.6) is 0 Å². The van der Waals surface area contributed by atoms with Crippen molar-refractivity contribution in [3.05, 3.63) is 34.9 Å². The van der Waals surface area contributed by atoms with Crippen molar-refractivity contribution in [1.82, 2.24) is 10.2 Å². The molecule has 1 aromatic carbocycles. The number of urea groups is 1. The molecule has 0 unspecified atom stereocenters. The van der Waals surface area contributed by atoms with Crippen LogP contribution < -0.4 is 5.32 Å². The zero-order valence-electron chi connectivity index (χ0n) is 15.9. The van der Waals surface area contributed by atoms with Crippen LogP contribution in [0.3, 0.4) is 0 Å². The first kappa shape index (κ1) is 18.6. The Balaban J connectivity index is 1.71. The highest BCUT2D eigenvalue weighted by Crippen LogP contribution is 2.26. The highest BCUT2D eigenvalue weighted by atomic mass is 16.2. The lowest BCUT2D eigenvalue weighted by Crippen LogP contribution is -2.44. The third-order valence-corrected chi connectivity index (χ3v) is 5.54. The lowest BCUT2D eigenvalue weighted by atomic mass is 9.89. The molecule has 26 heavy (non-hydrogen) atoms. The van der Waals surface area contributed by atoms with Crippen molar-refractivity contribution in [1.29, 1.82) is 0 Å². The number of ketones is 1. The third kappa shape index (κ3) is 3.67. The van der Waals surface area contributed by atoms with Gasteiger partial charge in [0.2, 0.25) is 0 Å². The lowest BCUT2D eigenvalue weighted by Gasteiger charge is -2.22. The van der Waals surface area contributed by atoms with E-state index in [-0.39, 0.29) is 18.2 Å². The zero-order chi connectivity index (χ0) is 18.9. The van der Waals surface area contributed by atoms with Crippen LogP contribution in [0.4, 0.5) is 4.79 Å². The summed E-state index contributed by atoms with van der Waals surface area (Å²) in [7, 11) is 0. The Labute approximate surface area is 155 Å². The molecule has 3 amide bonds. The van der Waals surface area contributed by atoms with Crippen LogP contribution >= 0.6 is 0 Å². The second-order valence-corrected chi connectivity index (χ2v) is 8.20. The van der Waals surface area contributed by atoms with E-state index >= 15 is 0 Å². The first-order valence-electron chi connectivity index (χ1n) is 9.59. The van der Waals surface area contributed by atoms with E-state index in [0.29, 0.717) is 17.9 Å². The molecule has 0 spiro atoms. The maximum atomic E-state index is 12.7. The number of amides is 3. The number of imide groups is 1. The van der Waals surface area contributed by atoms with Gasteiger partial charge in [-0.2, -0.15) is 0 Å². The number of nitrogens with zero attached hydrogens (tertiary/aromatic N) is 1. The van der Waals surface area contributed by atoms with Gasteiger partial charge >= 0.3 is 6.03 Å². The number of fused-ring (bicyclic) bond motifs is 1. The van der Waals surface area contributed by atoms with Crippen LogP contribution in [0, 0.1) is 5.92 Å². The van der Waals surface area contributed by atoms with Gasteiger partial charge in [0.05, 0.1) is 6.54 Å². The molecule has 140 valence electrons. The molecular formula is C21H28N2O3. The molecule has 0 saturated carbocycles. The maximum absolute atomic E-state index is 12.7. The van der Waals surface area contributed by atoms with Gasteiger partial charge in [0.25, 0.3) is 5.91 Å². The monoisotopic (exact) mass is 356 g/mol. The van der Waals surface area contributed by atoms with Crippen molar-refractivity contribution in [3.63, 3.8) is 0 Å². The molecule has 3 rings (SSSR count). The SMILES string of the molecule is CC(C)CC[C@]1(C)NC(=O)N(CC(=O)c2ccc3c(c2)CCCC3)C1=O. The second-order valence-electron chi connectivity index (χ2n) is 8.20. The molecule has 5 heteroatoms. The molecule has 0 radical (unpaired) electrons. The summed E-state index contributed by atoms with van der Waals surface area (Å²) in [6.45, 7) is 5.73. The van der Waals surface area contributed by atoms with E-state index in [1.165, 1.54) is 17.5 Å². The number of carbonyl (C=O) groups is 3. The number of nitrogens with one attached hydrogen (secondary N) is 1. The van der Waals surface area contributed by atoms with Gasteiger partial charge in [-0.3, -0.25) is 14.5 Å². The van der Waals surface area contributed by atoms with Crippen molar-refractivity contribution < 1.29 is 14.4 Å². The smallest absolute Gasteiger partial charge is 0.323 e. The molecule has 1 N–H and O–H groups in total. The van der Waals surface area contributed by atoms with E-state index in [0.717, 1.165) is 30.6 Å². The van der Waals surface area contributed by atoms with Gasteiger partial charge in [0.1, 0.15) is 5.54 Å². The third-order valence-electron chi connectivity index (χ3n) is 5.54. The molecule has 1 aromatic rings. The van der Waals surface area contributed by atoms with Crippen LogP contribution in [0.2, 0.25) is 0 Å². The predicted molar refractivity (Wildman–Crippen MR) is 100 cm³/mol. The van der Waals surface area contributed by atoms with Gasteiger partial charge in [-0.1, -0.05) is 26.0 Å². The van der Waals surface area contributed by atoms with Gasteiger partial charge in [0.15, 0.2) is 5.78 Å². The molecule has 0 bridgehead atoms. The Morgan fingerprint density at radius 3 is 2.58 bits per heavy atom. The fourth-order valence-electron chi connectivity index (χ4n) is 3.78. The van der Waals surface area contributed by atoms with E-state index in [1.807, 2.05) is 18.2 Å². The Morgan fingerprint density at radius 1 is 1.19 bits per heavy atom. The highest BCUT2D eigenvalue weighted by Gasteiger charge is 2.47. The Hall–Kier alpha value is -2.17. The van der Waals surface area contributed by atoms with Gasteiger partial charge in [-0.25, -0.2) is 4.79 Å². The Kier molecular flexibility index (Phi) is 5.17. The number of aryl methyl sites for hydroxylation is 2. The van der Waals surface area contributed by atoms with Crippen LogP contribution in [-0.2, 0) is 17.6 Å². The number of carbonyl (C=O) groups excluding carboxylic acids is 3.